The number of carbonyl (C=O) groups excluding carboxylic acids is 1. The highest BCUT2D eigenvalue weighted by Crippen LogP contribution is 2.28. The average molecular weight is 473 g/mol. The molecule has 0 unspecified atom stereocenters. The highest BCUT2D eigenvalue weighted by Gasteiger charge is 2.03. The predicted molar refractivity (Wildman–Crippen MR) is 144 cm³/mol. The van der Waals surface area contributed by atoms with Crippen LogP contribution in [0.15, 0.2) is 36.4 Å². The van der Waals surface area contributed by atoms with Gasteiger partial charge in [0, 0.05) is 6.42 Å². The number of methoxy groups -OCH3 is 2. The molecule has 0 aliphatic rings. The maximum Gasteiger partial charge on any atom is 0.305 e. The van der Waals surface area contributed by atoms with Crippen molar-refractivity contribution in [3.8, 4) is 11.5 Å². The van der Waals surface area contributed by atoms with Gasteiger partial charge in [-0.05, 0) is 56.2 Å². The van der Waals surface area contributed by atoms with Crippen LogP contribution in [0.3, 0.4) is 0 Å². The number of esters is 1. The minimum Gasteiger partial charge on any atom is -0.493 e. The Balaban J connectivity index is 1.95. The number of hydrogen-bond donors (Lipinski definition) is 0. The highest BCUT2D eigenvalue weighted by atomic mass is 16.5. The van der Waals surface area contributed by atoms with Crippen LogP contribution in [0.2, 0.25) is 0 Å². The Morgan fingerprint density at radius 1 is 0.735 bits per heavy atom. The summed E-state index contributed by atoms with van der Waals surface area (Å²) in [6.07, 6.45) is 26.3. The van der Waals surface area contributed by atoms with Crippen molar-refractivity contribution in [1.29, 1.82) is 0 Å². The zero-order valence-electron chi connectivity index (χ0n) is 22.0. The average Bonchev–Trinajstić information content (AvgIpc) is 2.86. The van der Waals surface area contributed by atoms with Crippen molar-refractivity contribution >= 4 is 12.0 Å². The maximum absolute atomic E-state index is 11.9. The second-order valence-electron chi connectivity index (χ2n) is 8.86. The Hall–Kier alpha value is -2.23. The largest absolute Gasteiger partial charge is 0.493 e. The fourth-order valence-electron chi connectivity index (χ4n) is 3.83. The number of hydrogen-bond acceptors (Lipinski definition) is 4. The smallest absolute Gasteiger partial charge is 0.305 e. The van der Waals surface area contributed by atoms with Crippen molar-refractivity contribution in [1.82, 2.24) is 0 Å². The molecule has 1 rings (SSSR count). The van der Waals surface area contributed by atoms with Crippen molar-refractivity contribution in [2.75, 3.05) is 20.8 Å². The van der Waals surface area contributed by atoms with Gasteiger partial charge in [0.2, 0.25) is 0 Å². The number of allylic oxidation sites excluding steroid dienone is 2. The molecule has 4 nitrogen and oxygen atoms in total. The third-order valence-corrected chi connectivity index (χ3v) is 5.91. The normalized spacial score (nSPS) is 11.4. The van der Waals surface area contributed by atoms with Crippen LogP contribution in [0.1, 0.15) is 109 Å². The first-order valence-corrected chi connectivity index (χ1v) is 13.4. The number of unbranched alkanes of at least 4 members (excludes halogenated alkanes) is 11. The van der Waals surface area contributed by atoms with Gasteiger partial charge in [0.1, 0.15) is 0 Å². The molecule has 4 heteroatoms. The fourth-order valence-corrected chi connectivity index (χ4v) is 3.83. The van der Waals surface area contributed by atoms with Gasteiger partial charge in [-0.3, -0.25) is 4.79 Å². The summed E-state index contributed by atoms with van der Waals surface area (Å²) in [4.78, 5) is 11.9. The molecule has 0 amide bonds. The summed E-state index contributed by atoms with van der Waals surface area (Å²) in [7, 11) is 3.25. The molecule has 0 aromatic heterocycles. The van der Waals surface area contributed by atoms with Crippen LogP contribution < -0.4 is 9.47 Å². The number of rotatable bonds is 21. The topological polar surface area (TPSA) is 44.8 Å². The Bertz CT molecular complexity index is 693. The molecular formula is C30H48O4. The number of carbonyl (C=O) groups is 1. The predicted octanol–water partition coefficient (Wildman–Crippen LogP) is 8.69. The Morgan fingerprint density at radius 3 is 2.00 bits per heavy atom. The molecule has 1 aromatic rings. The molecule has 0 bridgehead atoms. The summed E-state index contributed by atoms with van der Waals surface area (Å²) in [5.41, 5.74) is 1.03. The van der Waals surface area contributed by atoms with Crippen molar-refractivity contribution in [3.05, 3.63) is 42.0 Å². The number of benzene rings is 1. The standard InChI is InChI=1S/C30H48O4/c1-4-5-6-7-8-9-10-11-12-13-14-15-16-17-18-22-30(31)34-25-20-19-21-27-23-24-28(32-2)29(26-27)33-3/h11-12,19,21,23-24,26H,4-10,13-18,20,22,25H2,1-3H3. The number of ether oxygens (including phenoxy) is 3. The van der Waals surface area contributed by atoms with Gasteiger partial charge in [0.05, 0.1) is 20.8 Å². The van der Waals surface area contributed by atoms with Gasteiger partial charge in [0.15, 0.2) is 11.5 Å². The summed E-state index contributed by atoms with van der Waals surface area (Å²) in [6.45, 7) is 2.69. The minimum atomic E-state index is -0.0860. The van der Waals surface area contributed by atoms with E-state index in [1.54, 1.807) is 14.2 Å². The first-order chi connectivity index (χ1) is 16.7. The molecule has 192 valence electrons. The summed E-state index contributed by atoms with van der Waals surface area (Å²) in [5.74, 6) is 1.33. The zero-order chi connectivity index (χ0) is 24.7. The second-order valence-corrected chi connectivity index (χ2v) is 8.86. The van der Waals surface area contributed by atoms with Crippen LogP contribution in [0.4, 0.5) is 0 Å². The van der Waals surface area contributed by atoms with Crippen LogP contribution in [0, 0.1) is 0 Å². The lowest BCUT2D eigenvalue weighted by molar-refractivity contribution is -0.143. The van der Waals surface area contributed by atoms with E-state index in [1.165, 1.54) is 70.6 Å². The molecule has 0 saturated heterocycles. The molecule has 0 radical (unpaired) electrons. The van der Waals surface area contributed by atoms with E-state index in [9.17, 15) is 4.79 Å². The van der Waals surface area contributed by atoms with Crippen LogP contribution >= 0.6 is 0 Å². The summed E-state index contributed by atoms with van der Waals surface area (Å²) < 4.78 is 15.9. The van der Waals surface area contributed by atoms with E-state index >= 15 is 0 Å². The molecule has 1 aromatic carbocycles. The van der Waals surface area contributed by atoms with Gasteiger partial charge in [-0.25, -0.2) is 0 Å². The highest BCUT2D eigenvalue weighted by molar-refractivity contribution is 5.69. The Kier molecular flexibility index (Phi) is 18.7. The summed E-state index contributed by atoms with van der Waals surface area (Å²) >= 11 is 0. The van der Waals surface area contributed by atoms with E-state index < -0.39 is 0 Å². The Morgan fingerprint density at radius 2 is 1.35 bits per heavy atom. The molecule has 0 aliphatic heterocycles. The lowest BCUT2D eigenvalue weighted by Gasteiger charge is -2.07. The van der Waals surface area contributed by atoms with E-state index in [0.717, 1.165) is 18.4 Å². The summed E-state index contributed by atoms with van der Waals surface area (Å²) in [6, 6.07) is 5.78. The van der Waals surface area contributed by atoms with Crippen LogP contribution in [-0.2, 0) is 9.53 Å². The first-order valence-electron chi connectivity index (χ1n) is 13.4. The van der Waals surface area contributed by atoms with E-state index in [-0.39, 0.29) is 5.97 Å². The molecule has 0 spiro atoms. The molecule has 0 heterocycles. The van der Waals surface area contributed by atoms with E-state index in [1.807, 2.05) is 30.4 Å². The molecule has 0 atom stereocenters. The third kappa shape index (κ3) is 15.6. The molecule has 0 N–H and O–H groups in total. The zero-order valence-corrected chi connectivity index (χ0v) is 22.0. The second kappa shape index (κ2) is 21.3. The lowest BCUT2D eigenvalue weighted by Crippen LogP contribution is -2.04. The maximum atomic E-state index is 11.9. The molecule has 0 saturated carbocycles. The minimum absolute atomic E-state index is 0.0860. The third-order valence-electron chi connectivity index (χ3n) is 5.91. The van der Waals surface area contributed by atoms with E-state index in [4.69, 9.17) is 14.2 Å². The first kappa shape index (κ1) is 29.8. The Labute approximate surface area is 208 Å². The van der Waals surface area contributed by atoms with Crippen molar-refractivity contribution in [2.24, 2.45) is 0 Å². The van der Waals surface area contributed by atoms with Gasteiger partial charge < -0.3 is 14.2 Å². The molecule has 0 aliphatic carbocycles. The van der Waals surface area contributed by atoms with E-state index in [0.29, 0.717) is 30.9 Å². The van der Waals surface area contributed by atoms with Gasteiger partial charge in [-0.1, -0.05) is 88.7 Å². The van der Waals surface area contributed by atoms with Crippen LogP contribution in [0.25, 0.3) is 6.08 Å². The monoisotopic (exact) mass is 472 g/mol. The van der Waals surface area contributed by atoms with Gasteiger partial charge in [-0.15, -0.1) is 0 Å². The molecular weight excluding hydrogens is 424 g/mol. The van der Waals surface area contributed by atoms with Gasteiger partial charge in [-0.2, -0.15) is 0 Å². The quantitative estimate of drug-likeness (QED) is 0.102. The van der Waals surface area contributed by atoms with Crippen LogP contribution in [-0.4, -0.2) is 26.8 Å². The SMILES string of the molecule is CCCCCCCCC=CCCCCCCCC(=O)OCCC=Cc1ccc(OC)c(OC)c1. The fraction of sp³-hybridized carbons (Fsp3) is 0.633. The lowest BCUT2D eigenvalue weighted by atomic mass is 10.1. The van der Waals surface area contributed by atoms with Crippen molar-refractivity contribution in [3.63, 3.8) is 0 Å². The van der Waals surface area contributed by atoms with Crippen molar-refractivity contribution < 1.29 is 19.0 Å². The molecule has 34 heavy (non-hydrogen) atoms. The van der Waals surface area contributed by atoms with Gasteiger partial charge in [0.25, 0.3) is 0 Å². The molecule has 0 fully saturated rings. The van der Waals surface area contributed by atoms with Crippen LogP contribution in [0.5, 0.6) is 11.5 Å². The summed E-state index contributed by atoms with van der Waals surface area (Å²) in [5, 5.41) is 0. The van der Waals surface area contributed by atoms with Crippen molar-refractivity contribution in [2.45, 2.75) is 103 Å². The van der Waals surface area contributed by atoms with Gasteiger partial charge >= 0.3 is 5.97 Å². The van der Waals surface area contributed by atoms with E-state index in [2.05, 4.69) is 19.1 Å².